The lowest BCUT2D eigenvalue weighted by Gasteiger charge is -2.20. The molecule has 98 valence electrons. The van der Waals surface area contributed by atoms with E-state index in [2.05, 4.69) is 0 Å². The summed E-state index contributed by atoms with van der Waals surface area (Å²) in [6.45, 7) is 3.37. The van der Waals surface area contributed by atoms with Gasteiger partial charge in [-0.2, -0.15) is 16.8 Å². The van der Waals surface area contributed by atoms with Gasteiger partial charge in [0.1, 0.15) is 0 Å². The lowest BCUT2D eigenvalue weighted by Crippen LogP contribution is -2.27. The first kappa shape index (κ1) is 15.8. The van der Waals surface area contributed by atoms with Crippen LogP contribution in [0.5, 0.6) is 0 Å². The minimum absolute atomic E-state index is 0.470. The van der Waals surface area contributed by atoms with Crippen molar-refractivity contribution in [3.05, 3.63) is 0 Å². The van der Waals surface area contributed by atoms with Gasteiger partial charge in [-0.05, 0) is 18.3 Å². The molecule has 8 heteroatoms. The van der Waals surface area contributed by atoms with E-state index in [9.17, 15) is 16.8 Å². The topological polar surface area (TPSA) is 109 Å². The van der Waals surface area contributed by atoms with Crippen molar-refractivity contribution in [3.8, 4) is 0 Å². The largest absolute Gasteiger partial charge is 0.286 e. The Labute approximate surface area is 96.6 Å². The molecule has 2 atom stereocenters. The summed E-state index contributed by atoms with van der Waals surface area (Å²) in [6.07, 6.45) is 1.16. The summed E-state index contributed by atoms with van der Waals surface area (Å²) in [5.74, 6) is -1.95. The van der Waals surface area contributed by atoms with Gasteiger partial charge in [0.15, 0.2) is 0 Å². The molecule has 0 aromatic rings. The van der Waals surface area contributed by atoms with E-state index in [0.717, 1.165) is 0 Å². The van der Waals surface area contributed by atoms with E-state index in [4.69, 9.17) is 9.11 Å². The summed E-state index contributed by atoms with van der Waals surface area (Å²) in [6, 6.07) is 0. The molecular weight excluding hydrogens is 256 g/mol. The highest BCUT2D eigenvalue weighted by atomic mass is 32.2. The molecule has 0 saturated heterocycles. The average molecular weight is 274 g/mol. The molecule has 0 spiro atoms. The standard InChI is InChI=1S/C8H18O6S2/c1-3-4-8(6-16(12,13)14)7(2)5-15(9,10)11/h7-8H,3-6H2,1-2H3,(H,9,10,11)(H,12,13,14). The molecule has 6 nitrogen and oxygen atoms in total. The molecular formula is C8H18O6S2. The highest BCUT2D eigenvalue weighted by molar-refractivity contribution is 7.86. The molecule has 0 aliphatic carbocycles. The second kappa shape index (κ2) is 5.95. The Morgan fingerprint density at radius 3 is 1.75 bits per heavy atom. The zero-order valence-electron chi connectivity index (χ0n) is 9.33. The monoisotopic (exact) mass is 274 g/mol. The van der Waals surface area contributed by atoms with Gasteiger partial charge in [0.25, 0.3) is 20.2 Å². The fourth-order valence-electron chi connectivity index (χ4n) is 1.64. The van der Waals surface area contributed by atoms with E-state index in [-0.39, 0.29) is 0 Å². The van der Waals surface area contributed by atoms with Gasteiger partial charge < -0.3 is 0 Å². The van der Waals surface area contributed by atoms with Gasteiger partial charge in [-0.1, -0.05) is 20.3 Å². The molecule has 0 bridgehead atoms. The van der Waals surface area contributed by atoms with Crippen molar-refractivity contribution < 1.29 is 25.9 Å². The van der Waals surface area contributed by atoms with Crippen molar-refractivity contribution >= 4 is 20.2 Å². The molecule has 0 radical (unpaired) electrons. The third-order valence-corrected chi connectivity index (χ3v) is 4.16. The Balaban J connectivity index is 4.65. The zero-order valence-corrected chi connectivity index (χ0v) is 11.0. The van der Waals surface area contributed by atoms with Gasteiger partial charge >= 0.3 is 0 Å². The van der Waals surface area contributed by atoms with Gasteiger partial charge in [-0.25, -0.2) is 0 Å². The van der Waals surface area contributed by atoms with Gasteiger partial charge in [0.05, 0.1) is 11.5 Å². The minimum Gasteiger partial charge on any atom is -0.286 e. The van der Waals surface area contributed by atoms with Crippen molar-refractivity contribution in [3.63, 3.8) is 0 Å². The van der Waals surface area contributed by atoms with Crippen LogP contribution < -0.4 is 0 Å². The summed E-state index contributed by atoms with van der Waals surface area (Å²) in [5.41, 5.74) is 0. The van der Waals surface area contributed by atoms with Crippen LogP contribution >= 0.6 is 0 Å². The minimum atomic E-state index is -4.12. The van der Waals surface area contributed by atoms with Gasteiger partial charge in [-0.3, -0.25) is 9.11 Å². The summed E-state index contributed by atoms with van der Waals surface area (Å²) in [5, 5.41) is 0. The predicted molar refractivity (Wildman–Crippen MR) is 60.4 cm³/mol. The van der Waals surface area contributed by atoms with Crippen molar-refractivity contribution in [1.82, 2.24) is 0 Å². The molecule has 0 heterocycles. The Kier molecular flexibility index (Phi) is 5.88. The Hall–Kier alpha value is -0.180. The van der Waals surface area contributed by atoms with Gasteiger partial charge in [0.2, 0.25) is 0 Å². The maximum absolute atomic E-state index is 10.7. The van der Waals surface area contributed by atoms with Crippen molar-refractivity contribution in [1.29, 1.82) is 0 Å². The maximum atomic E-state index is 10.7. The Morgan fingerprint density at radius 1 is 1.00 bits per heavy atom. The molecule has 0 rings (SSSR count). The fourth-order valence-corrected chi connectivity index (χ4v) is 3.61. The molecule has 0 saturated carbocycles. The first-order chi connectivity index (χ1) is 7.05. The van der Waals surface area contributed by atoms with Gasteiger partial charge in [0, 0.05) is 0 Å². The maximum Gasteiger partial charge on any atom is 0.265 e. The predicted octanol–water partition coefficient (Wildman–Crippen LogP) is 0.814. The van der Waals surface area contributed by atoms with Crippen molar-refractivity contribution in [2.45, 2.75) is 26.7 Å². The molecule has 16 heavy (non-hydrogen) atoms. The number of hydrogen-bond donors (Lipinski definition) is 2. The van der Waals surface area contributed by atoms with Crippen LogP contribution in [0, 0.1) is 11.8 Å². The van der Waals surface area contributed by atoms with Crippen LogP contribution in [0.3, 0.4) is 0 Å². The SMILES string of the molecule is CCCC(CS(=O)(=O)O)C(C)CS(=O)(=O)O. The molecule has 0 aliphatic rings. The second-order valence-electron chi connectivity index (χ2n) is 4.02. The highest BCUT2D eigenvalue weighted by Crippen LogP contribution is 2.20. The number of rotatable bonds is 7. The summed E-state index contributed by atoms with van der Waals surface area (Å²) in [7, 11) is -8.24. The lowest BCUT2D eigenvalue weighted by molar-refractivity contribution is 0.365. The molecule has 0 aliphatic heterocycles. The van der Waals surface area contributed by atoms with Crippen LogP contribution in [-0.2, 0) is 20.2 Å². The third-order valence-electron chi connectivity index (χ3n) is 2.36. The van der Waals surface area contributed by atoms with Crippen LogP contribution in [0.15, 0.2) is 0 Å². The first-order valence-electron chi connectivity index (χ1n) is 4.95. The third kappa shape index (κ3) is 8.03. The lowest BCUT2D eigenvalue weighted by atomic mass is 9.93. The van der Waals surface area contributed by atoms with E-state index in [1.807, 2.05) is 6.92 Å². The van der Waals surface area contributed by atoms with E-state index in [0.29, 0.717) is 12.8 Å². The van der Waals surface area contributed by atoms with Crippen LogP contribution in [0.4, 0.5) is 0 Å². The Morgan fingerprint density at radius 2 is 1.44 bits per heavy atom. The first-order valence-corrected chi connectivity index (χ1v) is 8.17. The van der Waals surface area contributed by atoms with Crippen LogP contribution in [0.25, 0.3) is 0 Å². The van der Waals surface area contributed by atoms with E-state index >= 15 is 0 Å². The van der Waals surface area contributed by atoms with E-state index in [1.165, 1.54) is 0 Å². The number of hydrogen-bond acceptors (Lipinski definition) is 4. The molecule has 2 unspecified atom stereocenters. The van der Waals surface area contributed by atoms with Crippen LogP contribution in [0.1, 0.15) is 26.7 Å². The van der Waals surface area contributed by atoms with Gasteiger partial charge in [-0.15, -0.1) is 0 Å². The fraction of sp³-hybridized carbons (Fsp3) is 1.00. The molecule has 2 N–H and O–H groups in total. The molecule has 0 aromatic heterocycles. The molecule has 0 fully saturated rings. The highest BCUT2D eigenvalue weighted by Gasteiger charge is 2.25. The van der Waals surface area contributed by atoms with E-state index < -0.39 is 43.6 Å². The van der Waals surface area contributed by atoms with Crippen LogP contribution in [0.2, 0.25) is 0 Å². The summed E-state index contributed by atoms with van der Waals surface area (Å²) < 4.78 is 60.2. The van der Waals surface area contributed by atoms with Crippen molar-refractivity contribution in [2.24, 2.45) is 11.8 Å². The van der Waals surface area contributed by atoms with E-state index in [1.54, 1.807) is 6.92 Å². The quantitative estimate of drug-likeness (QED) is 0.665. The second-order valence-corrected chi connectivity index (χ2v) is 7.02. The normalized spacial score (nSPS) is 17.0. The molecule has 0 amide bonds. The van der Waals surface area contributed by atoms with Crippen molar-refractivity contribution in [2.75, 3.05) is 11.5 Å². The summed E-state index contributed by atoms with van der Waals surface area (Å²) in [4.78, 5) is 0. The molecule has 0 aromatic carbocycles. The zero-order chi connectivity index (χ0) is 13.0. The Bertz CT molecular complexity index is 396. The summed E-state index contributed by atoms with van der Waals surface area (Å²) >= 11 is 0. The van der Waals surface area contributed by atoms with Crippen LogP contribution in [-0.4, -0.2) is 37.4 Å². The smallest absolute Gasteiger partial charge is 0.265 e. The average Bonchev–Trinajstić information content (AvgIpc) is 1.97.